The molecule has 5 heteroatoms. The molecule has 5 atom stereocenters. The second kappa shape index (κ2) is 4.49. The van der Waals surface area contributed by atoms with Gasteiger partial charge in [-0.25, -0.2) is 22.0 Å². The average molecular weight is 228 g/mol. The van der Waals surface area contributed by atoms with Crippen LogP contribution in [0.1, 0.15) is 20.3 Å². The normalized spacial score (nSPS) is 39.4. The van der Waals surface area contributed by atoms with Gasteiger partial charge in [0.25, 0.3) is 0 Å². The van der Waals surface area contributed by atoms with Crippen LogP contribution in [-0.4, -0.2) is 18.5 Å². The molecule has 0 N–H and O–H groups in total. The Kier molecular flexibility index (Phi) is 3.73. The molecule has 15 heavy (non-hydrogen) atoms. The predicted molar refractivity (Wildman–Crippen MR) is 46.9 cm³/mol. The van der Waals surface area contributed by atoms with Crippen molar-refractivity contribution >= 4 is 0 Å². The lowest BCUT2D eigenvalue weighted by Crippen LogP contribution is -2.42. The van der Waals surface area contributed by atoms with Gasteiger partial charge >= 0.3 is 0 Å². The van der Waals surface area contributed by atoms with Gasteiger partial charge in [-0.2, -0.15) is 0 Å². The van der Waals surface area contributed by atoms with E-state index in [-0.39, 0.29) is 0 Å². The third-order valence-corrected chi connectivity index (χ3v) is 2.95. The van der Waals surface area contributed by atoms with E-state index < -0.39 is 42.0 Å². The molecule has 0 aromatic heterocycles. The molecule has 0 bridgehead atoms. The van der Waals surface area contributed by atoms with Gasteiger partial charge in [-0.15, -0.1) is 0 Å². The van der Waals surface area contributed by atoms with Crippen LogP contribution in [0.3, 0.4) is 0 Å². The summed E-state index contributed by atoms with van der Waals surface area (Å²) < 4.78 is 65.0. The lowest BCUT2D eigenvalue weighted by molar-refractivity contribution is 0.0167. The van der Waals surface area contributed by atoms with Crippen molar-refractivity contribution in [1.29, 1.82) is 0 Å². The first kappa shape index (κ1) is 12.5. The van der Waals surface area contributed by atoms with E-state index in [0.717, 1.165) is 0 Å². The van der Waals surface area contributed by atoms with Gasteiger partial charge in [0.2, 0.25) is 0 Å². The molecule has 0 radical (unpaired) electrons. The minimum atomic E-state index is -2.81. The van der Waals surface area contributed by atoms with E-state index in [1.54, 1.807) is 6.92 Å². The van der Waals surface area contributed by atoms with E-state index in [2.05, 4.69) is 0 Å². The third kappa shape index (κ3) is 2.01. The molecule has 0 aromatic carbocycles. The Labute approximate surface area is 85.2 Å². The largest absolute Gasteiger partial charge is 0.243 e. The maximum atomic E-state index is 13.3. The zero-order valence-electron chi connectivity index (χ0n) is 8.48. The van der Waals surface area contributed by atoms with Crippen molar-refractivity contribution in [2.75, 3.05) is 0 Å². The second-order valence-corrected chi connectivity index (χ2v) is 3.90. The van der Waals surface area contributed by atoms with Crippen molar-refractivity contribution in [3.8, 4) is 0 Å². The Hall–Kier alpha value is -0.610. The lowest BCUT2D eigenvalue weighted by Gasteiger charge is -2.32. The molecule has 1 aliphatic carbocycles. The molecule has 1 aliphatic rings. The zero-order valence-corrected chi connectivity index (χ0v) is 8.48. The van der Waals surface area contributed by atoms with Crippen molar-refractivity contribution in [2.45, 2.75) is 38.8 Å². The molecule has 1 rings (SSSR count). The van der Waals surface area contributed by atoms with Crippen LogP contribution in [0, 0.1) is 11.8 Å². The van der Waals surface area contributed by atoms with Crippen LogP contribution in [0.25, 0.3) is 0 Å². The topological polar surface area (TPSA) is 0 Å². The van der Waals surface area contributed by atoms with Crippen LogP contribution in [0.15, 0.2) is 11.7 Å². The summed E-state index contributed by atoms with van der Waals surface area (Å²) in [7, 11) is 0. The Bertz CT molecular complexity index is 263. The minimum absolute atomic E-state index is 0.370. The van der Waals surface area contributed by atoms with Gasteiger partial charge < -0.3 is 0 Å². The maximum Gasteiger partial charge on any atom is 0.188 e. The Morgan fingerprint density at radius 2 is 1.60 bits per heavy atom. The fourth-order valence-electron chi connectivity index (χ4n) is 1.75. The molecule has 0 saturated carbocycles. The van der Waals surface area contributed by atoms with Crippen molar-refractivity contribution < 1.29 is 22.0 Å². The first-order valence-corrected chi connectivity index (χ1v) is 4.89. The molecular formula is C10H13F5. The van der Waals surface area contributed by atoms with E-state index >= 15 is 0 Å². The molecule has 0 heterocycles. The molecule has 0 fully saturated rings. The summed E-state index contributed by atoms with van der Waals surface area (Å²) in [4.78, 5) is 0. The first-order valence-electron chi connectivity index (χ1n) is 4.89. The van der Waals surface area contributed by atoms with E-state index in [9.17, 15) is 22.0 Å². The van der Waals surface area contributed by atoms with Gasteiger partial charge in [-0.3, -0.25) is 0 Å². The van der Waals surface area contributed by atoms with Gasteiger partial charge in [-0.05, 0) is 5.92 Å². The lowest BCUT2D eigenvalue weighted by atomic mass is 9.80. The van der Waals surface area contributed by atoms with Crippen molar-refractivity contribution in [3.63, 3.8) is 0 Å². The Morgan fingerprint density at radius 3 is 2.07 bits per heavy atom. The molecule has 0 nitrogen and oxygen atoms in total. The molecule has 4 unspecified atom stereocenters. The first-order chi connectivity index (χ1) is 6.91. The molecular weight excluding hydrogens is 215 g/mol. The minimum Gasteiger partial charge on any atom is -0.243 e. The van der Waals surface area contributed by atoms with Crippen LogP contribution in [0.2, 0.25) is 0 Å². The standard InChI is InChI=1S/C10H13F5/c1-3-4(2)5-6(11)8(13)10(15)9(14)7(5)12/h4-6,8,10H,3H2,1-2H3/t4?,5?,6?,8-,10?/m0/s1. The summed E-state index contributed by atoms with van der Waals surface area (Å²) in [5.41, 5.74) is 0. The van der Waals surface area contributed by atoms with E-state index in [4.69, 9.17) is 0 Å². The number of allylic oxidation sites excluding steroid dienone is 2. The van der Waals surface area contributed by atoms with Gasteiger partial charge in [0, 0.05) is 0 Å². The smallest absolute Gasteiger partial charge is 0.188 e. The van der Waals surface area contributed by atoms with E-state index in [1.807, 2.05) is 0 Å². The van der Waals surface area contributed by atoms with E-state index in [1.165, 1.54) is 6.92 Å². The predicted octanol–water partition coefficient (Wildman–Crippen LogP) is 3.83. The Balaban J connectivity index is 3.05. The summed E-state index contributed by atoms with van der Waals surface area (Å²) in [6.45, 7) is 3.13. The van der Waals surface area contributed by atoms with Gasteiger partial charge in [-0.1, -0.05) is 20.3 Å². The number of hydrogen-bond donors (Lipinski definition) is 0. The highest BCUT2D eigenvalue weighted by atomic mass is 19.2. The molecule has 0 saturated heterocycles. The van der Waals surface area contributed by atoms with E-state index in [0.29, 0.717) is 6.42 Å². The molecule has 0 aliphatic heterocycles. The van der Waals surface area contributed by atoms with Crippen LogP contribution < -0.4 is 0 Å². The maximum absolute atomic E-state index is 13.3. The van der Waals surface area contributed by atoms with Crippen LogP contribution >= 0.6 is 0 Å². The zero-order chi connectivity index (χ0) is 11.7. The van der Waals surface area contributed by atoms with Crippen LogP contribution in [0.5, 0.6) is 0 Å². The monoisotopic (exact) mass is 228 g/mol. The fraction of sp³-hybridized carbons (Fsp3) is 0.800. The summed E-state index contributed by atoms with van der Waals surface area (Å²) in [6, 6.07) is 0. The van der Waals surface area contributed by atoms with Gasteiger partial charge in [0.05, 0.1) is 5.92 Å². The molecule has 0 amide bonds. The summed E-state index contributed by atoms with van der Waals surface area (Å²) in [5, 5.41) is 0. The number of alkyl halides is 3. The highest BCUT2D eigenvalue weighted by molar-refractivity contribution is 5.19. The SMILES string of the molecule is CCC(C)C1C(F)=C(F)C(F)[C@@H](F)C1F. The number of hydrogen-bond acceptors (Lipinski definition) is 0. The van der Waals surface area contributed by atoms with Crippen molar-refractivity contribution in [2.24, 2.45) is 11.8 Å². The molecule has 88 valence electrons. The number of rotatable bonds is 2. The summed E-state index contributed by atoms with van der Waals surface area (Å²) in [6.07, 6.45) is -7.35. The summed E-state index contributed by atoms with van der Waals surface area (Å²) in [5.74, 6) is -5.33. The quantitative estimate of drug-likeness (QED) is 0.630. The van der Waals surface area contributed by atoms with Crippen molar-refractivity contribution in [1.82, 2.24) is 0 Å². The second-order valence-electron chi connectivity index (χ2n) is 3.90. The fourth-order valence-corrected chi connectivity index (χ4v) is 1.75. The van der Waals surface area contributed by atoms with Gasteiger partial charge in [0.1, 0.15) is 12.0 Å². The highest BCUT2D eigenvalue weighted by Crippen LogP contribution is 2.41. The van der Waals surface area contributed by atoms with Crippen LogP contribution in [0.4, 0.5) is 22.0 Å². The van der Waals surface area contributed by atoms with Gasteiger partial charge in [0.15, 0.2) is 18.2 Å². The highest BCUT2D eigenvalue weighted by Gasteiger charge is 2.48. The molecule has 0 spiro atoms. The van der Waals surface area contributed by atoms with Crippen molar-refractivity contribution in [3.05, 3.63) is 11.7 Å². The third-order valence-electron chi connectivity index (χ3n) is 2.95. The molecule has 0 aromatic rings. The van der Waals surface area contributed by atoms with Crippen LogP contribution in [-0.2, 0) is 0 Å². The Morgan fingerprint density at radius 1 is 1.07 bits per heavy atom. The average Bonchev–Trinajstić information content (AvgIpc) is 2.23. The summed E-state index contributed by atoms with van der Waals surface area (Å²) >= 11 is 0. The number of halogens is 5.